The van der Waals surface area contributed by atoms with Crippen molar-refractivity contribution < 1.29 is 9.84 Å². The Morgan fingerprint density at radius 1 is 1.28 bits per heavy atom. The van der Waals surface area contributed by atoms with Gasteiger partial charge in [0.2, 0.25) is 0 Å². The minimum absolute atomic E-state index is 0.369. The summed E-state index contributed by atoms with van der Waals surface area (Å²) >= 11 is 3.47. The maximum absolute atomic E-state index is 10.4. The van der Waals surface area contributed by atoms with Crippen LogP contribution in [0.3, 0.4) is 0 Å². The summed E-state index contributed by atoms with van der Waals surface area (Å²) in [5.41, 5.74) is 5.99. The molecule has 0 spiro atoms. The number of aliphatic hydroxyl groups is 1. The van der Waals surface area contributed by atoms with Gasteiger partial charge in [-0.25, -0.2) is 0 Å². The van der Waals surface area contributed by atoms with Crippen molar-refractivity contribution in [2.24, 2.45) is 5.73 Å². The molecular weight excluding hydrogens is 294 g/mol. The first-order valence-electron chi connectivity index (χ1n) is 6.47. The van der Waals surface area contributed by atoms with Crippen LogP contribution < -0.4 is 10.5 Å². The molecule has 1 saturated carbocycles. The van der Waals surface area contributed by atoms with Crippen molar-refractivity contribution in [2.45, 2.75) is 44.2 Å². The zero-order chi connectivity index (χ0) is 13.0. The van der Waals surface area contributed by atoms with Crippen molar-refractivity contribution in [1.82, 2.24) is 0 Å². The average Bonchev–Trinajstić information content (AvgIpc) is 2.38. The molecule has 100 valence electrons. The topological polar surface area (TPSA) is 55.5 Å². The van der Waals surface area contributed by atoms with Crippen molar-refractivity contribution in [3.8, 4) is 5.75 Å². The predicted octanol–water partition coefficient (Wildman–Crippen LogP) is 2.98. The molecule has 1 fully saturated rings. The lowest BCUT2D eigenvalue weighted by Gasteiger charge is -2.31. The summed E-state index contributed by atoms with van der Waals surface area (Å²) in [5, 5.41) is 10.4. The van der Waals surface area contributed by atoms with Gasteiger partial charge in [0.15, 0.2) is 0 Å². The van der Waals surface area contributed by atoms with Crippen LogP contribution in [0.4, 0.5) is 0 Å². The Kier molecular flexibility index (Phi) is 4.65. The molecule has 2 rings (SSSR count). The number of hydrogen-bond acceptors (Lipinski definition) is 3. The molecule has 0 saturated heterocycles. The summed E-state index contributed by atoms with van der Waals surface area (Å²) in [4.78, 5) is 0. The van der Waals surface area contributed by atoms with E-state index in [1.807, 2.05) is 18.2 Å². The Bertz CT molecular complexity index is 403. The molecule has 3 nitrogen and oxygen atoms in total. The molecule has 1 aromatic carbocycles. The van der Waals surface area contributed by atoms with Crippen molar-refractivity contribution in [2.75, 3.05) is 6.61 Å². The monoisotopic (exact) mass is 313 g/mol. The van der Waals surface area contributed by atoms with Crippen molar-refractivity contribution in [1.29, 1.82) is 0 Å². The van der Waals surface area contributed by atoms with E-state index < -0.39 is 5.60 Å². The second kappa shape index (κ2) is 6.04. The largest absolute Gasteiger partial charge is 0.489 e. The number of ether oxygens (including phenoxy) is 1. The lowest BCUT2D eigenvalue weighted by atomic mass is 9.85. The Balaban J connectivity index is 1.97. The van der Waals surface area contributed by atoms with Crippen molar-refractivity contribution in [3.05, 3.63) is 28.2 Å². The van der Waals surface area contributed by atoms with Crippen LogP contribution in [-0.4, -0.2) is 17.3 Å². The molecule has 0 aliphatic heterocycles. The highest BCUT2D eigenvalue weighted by Crippen LogP contribution is 2.31. The van der Waals surface area contributed by atoms with E-state index in [2.05, 4.69) is 15.9 Å². The smallest absolute Gasteiger partial charge is 0.133 e. The number of benzene rings is 1. The van der Waals surface area contributed by atoms with Crippen LogP contribution in [-0.2, 0) is 6.54 Å². The molecular formula is C14H20BrNO2. The fourth-order valence-electron chi connectivity index (χ4n) is 2.35. The van der Waals surface area contributed by atoms with Crippen LogP contribution in [0, 0.1) is 0 Å². The van der Waals surface area contributed by atoms with Gasteiger partial charge < -0.3 is 15.6 Å². The molecule has 0 amide bonds. The Labute approximate surface area is 116 Å². The molecule has 0 aromatic heterocycles. The molecule has 1 aromatic rings. The molecule has 0 radical (unpaired) electrons. The number of halogens is 1. The third-order valence-corrected chi connectivity index (χ3v) is 4.13. The summed E-state index contributed by atoms with van der Waals surface area (Å²) < 4.78 is 6.63. The zero-order valence-electron chi connectivity index (χ0n) is 10.5. The average molecular weight is 314 g/mol. The van der Waals surface area contributed by atoms with E-state index in [1.54, 1.807) is 0 Å². The van der Waals surface area contributed by atoms with Gasteiger partial charge in [-0.3, -0.25) is 0 Å². The number of hydrogen-bond donors (Lipinski definition) is 2. The van der Waals surface area contributed by atoms with Gasteiger partial charge in [0, 0.05) is 6.54 Å². The van der Waals surface area contributed by atoms with Crippen LogP contribution in [0.1, 0.15) is 37.7 Å². The molecule has 0 atom stereocenters. The molecule has 18 heavy (non-hydrogen) atoms. The van der Waals surface area contributed by atoms with Gasteiger partial charge in [0.25, 0.3) is 0 Å². The first kappa shape index (κ1) is 13.8. The zero-order valence-corrected chi connectivity index (χ0v) is 12.1. The molecule has 1 aliphatic carbocycles. The van der Waals surface area contributed by atoms with Crippen molar-refractivity contribution in [3.63, 3.8) is 0 Å². The summed E-state index contributed by atoms with van der Waals surface area (Å²) in [6, 6.07) is 5.81. The van der Waals surface area contributed by atoms with E-state index in [9.17, 15) is 5.11 Å². The van der Waals surface area contributed by atoms with Crippen LogP contribution in [0.5, 0.6) is 5.75 Å². The summed E-state index contributed by atoms with van der Waals surface area (Å²) in [5.74, 6) is 0.770. The van der Waals surface area contributed by atoms with E-state index in [0.717, 1.165) is 41.5 Å². The number of nitrogens with two attached hydrogens (primary N) is 1. The predicted molar refractivity (Wildman–Crippen MR) is 75.6 cm³/mol. The van der Waals surface area contributed by atoms with Crippen LogP contribution >= 0.6 is 15.9 Å². The quantitative estimate of drug-likeness (QED) is 0.898. The molecule has 1 aliphatic rings. The van der Waals surface area contributed by atoms with E-state index >= 15 is 0 Å². The third-order valence-electron chi connectivity index (χ3n) is 3.51. The molecule has 0 bridgehead atoms. The Morgan fingerprint density at radius 2 is 2.00 bits per heavy atom. The van der Waals surface area contributed by atoms with E-state index in [-0.39, 0.29) is 0 Å². The Hall–Kier alpha value is -0.580. The van der Waals surface area contributed by atoms with Crippen LogP contribution in [0.25, 0.3) is 0 Å². The van der Waals surface area contributed by atoms with Crippen molar-refractivity contribution >= 4 is 15.9 Å². The molecule has 3 N–H and O–H groups in total. The normalized spacial score (nSPS) is 18.6. The highest BCUT2D eigenvalue weighted by atomic mass is 79.9. The first-order chi connectivity index (χ1) is 8.63. The molecule has 0 unspecified atom stereocenters. The maximum atomic E-state index is 10.4. The second-order valence-electron chi connectivity index (χ2n) is 5.04. The fourth-order valence-corrected chi connectivity index (χ4v) is 2.90. The summed E-state index contributed by atoms with van der Waals surface area (Å²) in [7, 11) is 0. The van der Waals surface area contributed by atoms with Crippen LogP contribution in [0.15, 0.2) is 22.7 Å². The van der Waals surface area contributed by atoms with Crippen LogP contribution in [0.2, 0.25) is 0 Å². The van der Waals surface area contributed by atoms with E-state index in [0.29, 0.717) is 13.2 Å². The van der Waals surface area contributed by atoms with E-state index in [4.69, 9.17) is 10.5 Å². The van der Waals surface area contributed by atoms with Gasteiger partial charge in [0.05, 0.1) is 10.1 Å². The molecule has 4 heteroatoms. The summed E-state index contributed by atoms with van der Waals surface area (Å²) in [6.45, 7) is 0.885. The lowest BCUT2D eigenvalue weighted by molar-refractivity contribution is -0.0340. The SMILES string of the molecule is NCc1ccc(OCC2(O)CCCCC2)c(Br)c1. The number of rotatable bonds is 4. The second-order valence-corrected chi connectivity index (χ2v) is 5.90. The molecule has 0 heterocycles. The van der Waals surface area contributed by atoms with Gasteiger partial charge >= 0.3 is 0 Å². The van der Waals surface area contributed by atoms with Gasteiger partial charge in [-0.15, -0.1) is 0 Å². The lowest BCUT2D eigenvalue weighted by Crippen LogP contribution is -2.37. The van der Waals surface area contributed by atoms with Gasteiger partial charge in [-0.2, -0.15) is 0 Å². The standard InChI is InChI=1S/C14H20BrNO2/c15-12-8-11(9-16)4-5-13(12)18-10-14(17)6-2-1-3-7-14/h4-5,8,17H,1-3,6-7,9-10,16H2. The van der Waals surface area contributed by atoms with Gasteiger partial charge in [0.1, 0.15) is 12.4 Å². The summed E-state index contributed by atoms with van der Waals surface area (Å²) in [6.07, 6.45) is 5.08. The first-order valence-corrected chi connectivity index (χ1v) is 7.26. The van der Waals surface area contributed by atoms with Gasteiger partial charge in [-0.1, -0.05) is 25.3 Å². The Morgan fingerprint density at radius 3 is 2.61 bits per heavy atom. The minimum atomic E-state index is -0.649. The van der Waals surface area contributed by atoms with E-state index in [1.165, 1.54) is 6.42 Å². The minimum Gasteiger partial charge on any atom is -0.489 e. The fraction of sp³-hybridized carbons (Fsp3) is 0.571. The highest BCUT2D eigenvalue weighted by molar-refractivity contribution is 9.10. The van der Waals surface area contributed by atoms with Gasteiger partial charge in [-0.05, 0) is 46.5 Å². The highest BCUT2D eigenvalue weighted by Gasteiger charge is 2.30. The third kappa shape index (κ3) is 3.46. The maximum Gasteiger partial charge on any atom is 0.133 e.